The zero-order valence-electron chi connectivity index (χ0n) is 35.3. The van der Waals surface area contributed by atoms with Gasteiger partial charge in [-0.25, -0.2) is 4.57 Å². The maximum atomic E-state index is 12.8. The van der Waals surface area contributed by atoms with E-state index >= 15 is 0 Å². The van der Waals surface area contributed by atoms with E-state index < -0.39 is 57.6 Å². The third kappa shape index (κ3) is 33.1. The molecule has 0 rings (SSSR count). The van der Waals surface area contributed by atoms with E-state index in [0.29, 0.717) is 19.3 Å². The van der Waals surface area contributed by atoms with Crippen molar-refractivity contribution < 1.29 is 54.3 Å². The highest BCUT2D eigenvalue weighted by molar-refractivity contribution is 7.47. The van der Waals surface area contributed by atoms with Crippen LogP contribution in [-0.4, -0.2) is 59.8 Å². The molecule has 1 unspecified atom stereocenters. The number of carbonyl (C=O) groups excluding carboxylic acids is 2. The number of aliphatic carboxylic acids is 1. The molecule has 0 aromatic rings. The predicted octanol–water partition coefficient (Wildman–Crippen LogP) is 9.34. The predicted molar refractivity (Wildman–Crippen MR) is 194 cm³/mol. The van der Waals surface area contributed by atoms with Crippen molar-refractivity contribution in [2.45, 2.75) is 186 Å². The Balaban J connectivity index is 5.20. The number of phosphoric acid groups is 1. The quantitative estimate of drug-likeness (QED) is 0.0243. The zero-order chi connectivity index (χ0) is 40.9. The monoisotopic (exact) mass is 725 g/mol. The minimum absolute atomic E-state index is 0.266. The number of nitrogens with two attached hydrogens (primary N) is 1. The molecule has 49 heavy (non-hydrogen) atoms. The Kier molecular flexibility index (Phi) is 26.2. The Labute approximate surface area is 304 Å². The van der Waals surface area contributed by atoms with Gasteiger partial charge in [-0.05, 0) is 32.1 Å². The fourth-order valence-corrected chi connectivity index (χ4v) is 5.44. The smallest absolute Gasteiger partial charge is 0.472 e. The van der Waals surface area contributed by atoms with Crippen molar-refractivity contribution in [3.63, 3.8) is 0 Å². The number of allylic oxidation sites excluding steroid dienone is 2. The number of carboxylic acids is 1. The number of carboxylic acid groups (broad SMARTS) is 1. The van der Waals surface area contributed by atoms with Gasteiger partial charge in [-0.15, -0.1) is 0 Å². The molecule has 0 radical (unpaired) electrons. The van der Waals surface area contributed by atoms with Crippen LogP contribution >= 0.6 is 7.82 Å². The van der Waals surface area contributed by atoms with Crippen molar-refractivity contribution in [2.75, 3.05) is 19.7 Å². The summed E-state index contributed by atoms with van der Waals surface area (Å²) in [4.78, 5) is 46.6. The van der Waals surface area contributed by atoms with Crippen LogP contribution in [0, 0.1) is 0 Å². The molecule has 0 heterocycles. The Morgan fingerprint density at radius 3 is 1.65 bits per heavy atom. The van der Waals surface area contributed by atoms with Crippen LogP contribution in [0.25, 0.3) is 0 Å². The van der Waals surface area contributed by atoms with Crippen molar-refractivity contribution in [2.24, 2.45) is 5.73 Å². The number of unbranched alkanes of at least 4 members (excludes halogenated alkanes) is 20. The lowest BCUT2D eigenvalue weighted by molar-refractivity contribution is -0.161. The first-order chi connectivity index (χ1) is 25.4. The highest BCUT2D eigenvalue weighted by Gasteiger charge is 2.28. The zero-order valence-corrected chi connectivity index (χ0v) is 31.2. The van der Waals surface area contributed by atoms with Crippen LogP contribution in [0.3, 0.4) is 0 Å². The van der Waals surface area contributed by atoms with Gasteiger partial charge in [0.1, 0.15) is 12.6 Å². The Hall–Kier alpha value is -1.78. The summed E-state index contributed by atoms with van der Waals surface area (Å²) < 4.78 is 73.2. The van der Waals surface area contributed by atoms with Crippen LogP contribution in [-0.2, 0) is 37.5 Å². The van der Waals surface area contributed by atoms with Gasteiger partial charge in [-0.1, -0.05) is 142 Å². The molecule has 0 amide bonds. The van der Waals surface area contributed by atoms with Crippen LogP contribution in [0.2, 0.25) is 0 Å². The minimum atomic E-state index is -5.59. The van der Waals surface area contributed by atoms with Gasteiger partial charge in [0.25, 0.3) is 0 Å². The molecule has 12 heteroatoms. The topological polar surface area (TPSA) is 172 Å². The molecular formula is C37H70NO10P. The van der Waals surface area contributed by atoms with Crippen molar-refractivity contribution in [1.82, 2.24) is 0 Å². The molecule has 0 spiro atoms. The molecule has 0 aliphatic heterocycles. The van der Waals surface area contributed by atoms with Crippen LogP contribution < -0.4 is 5.73 Å². The lowest BCUT2D eigenvalue weighted by atomic mass is 10.0. The summed E-state index contributed by atoms with van der Waals surface area (Å²) in [5, 5.41) is 8.91. The molecule has 3 atom stereocenters. The van der Waals surface area contributed by atoms with E-state index in [4.69, 9.17) is 27.2 Å². The third-order valence-electron chi connectivity index (χ3n) is 7.84. The maximum Gasteiger partial charge on any atom is 0.472 e. The van der Waals surface area contributed by atoms with E-state index in [1.807, 2.05) is 0 Å². The number of ether oxygens (including phenoxy) is 2. The van der Waals surface area contributed by atoms with Crippen LogP contribution in [0.15, 0.2) is 12.2 Å². The average Bonchev–Trinajstić information content (AvgIpc) is 3.08. The van der Waals surface area contributed by atoms with Crippen molar-refractivity contribution in [3.05, 3.63) is 12.2 Å². The van der Waals surface area contributed by atoms with E-state index in [-0.39, 0.29) is 19.3 Å². The fraction of sp³-hybridized carbons (Fsp3) is 0.865. The molecule has 11 nitrogen and oxygen atoms in total. The molecule has 4 N–H and O–H groups in total. The van der Waals surface area contributed by atoms with Crippen molar-refractivity contribution in [1.29, 1.82) is 0 Å². The number of hydrogen-bond acceptors (Lipinski definition) is 9. The summed E-state index contributed by atoms with van der Waals surface area (Å²) in [5.74, 6) is -3.98. The number of phosphoric ester groups is 1. The number of esters is 2. The summed E-state index contributed by atoms with van der Waals surface area (Å²) in [7, 11) is -5.59. The van der Waals surface area contributed by atoms with Gasteiger partial charge in [0.15, 0.2) is 6.08 Å². The van der Waals surface area contributed by atoms with Gasteiger partial charge in [0.05, 0.1) is 20.0 Å². The van der Waals surface area contributed by atoms with Crippen molar-refractivity contribution in [3.8, 4) is 0 Å². The standard InChI is InChI=1S/C37H70NO10P/c1-3-5-7-9-11-13-15-16-17-19-20-22-24-26-28-35(39)45-30-33(31-46-49(43,44)47-32-34(38)37(41)42)48-36(40)29-27-25-23-21-18-14-12-10-8-6-4-2/h10,12,33-34H,3-9,11,13-32,38H2,1-2H3,(H,41,42)(H,43,44)/b12-10+/t33-,34+/m1/s1/i30D2,31D2,33D. The van der Waals surface area contributed by atoms with E-state index in [9.17, 15) is 23.8 Å². The van der Waals surface area contributed by atoms with Crippen LogP contribution in [0.1, 0.15) is 181 Å². The van der Waals surface area contributed by atoms with Gasteiger partial charge in [0.2, 0.25) is 0 Å². The largest absolute Gasteiger partial charge is 0.480 e. The van der Waals surface area contributed by atoms with Crippen LogP contribution in [0.5, 0.6) is 0 Å². The maximum absolute atomic E-state index is 12.8. The normalized spacial score (nSPS) is 16.8. The van der Waals surface area contributed by atoms with Gasteiger partial charge >= 0.3 is 25.7 Å². The van der Waals surface area contributed by atoms with Crippen molar-refractivity contribution >= 4 is 25.7 Å². The minimum Gasteiger partial charge on any atom is -0.480 e. The van der Waals surface area contributed by atoms with Crippen LogP contribution in [0.4, 0.5) is 0 Å². The summed E-state index contributed by atoms with van der Waals surface area (Å²) in [5.41, 5.74) is 5.26. The molecule has 0 fully saturated rings. The summed E-state index contributed by atoms with van der Waals surface area (Å²) in [6.45, 7) is -4.46. The summed E-state index contributed by atoms with van der Waals surface area (Å²) >= 11 is 0. The first kappa shape index (κ1) is 38.5. The Morgan fingerprint density at radius 1 is 0.694 bits per heavy atom. The van der Waals surface area contributed by atoms with Gasteiger partial charge < -0.3 is 25.2 Å². The molecule has 0 aromatic carbocycles. The van der Waals surface area contributed by atoms with Gasteiger partial charge in [0, 0.05) is 12.8 Å². The molecule has 0 saturated carbocycles. The molecule has 0 aliphatic rings. The van der Waals surface area contributed by atoms with E-state index in [1.54, 1.807) is 0 Å². The highest BCUT2D eigenvalue weighted by atomic mass is 31.2. The molecule has 0 aliphatic carbocycles. The second-order valence-electron chi connectivity index (χ2n) is 12.5. The Morgan fingerprint density at radius 2 is 1.14 bits per heavy atom. The number of rotatable bonds is 36. The second-order valence-corrected chi connectivity index (χ2v) is 13.9. The molecule has 288 valence electrons. The lowest BCUT2D eigenvalue weighted by Gasteiger charge is -2.20. The second kappa shape index (κ2) is 33.4. The van der Waals surface area contributed by atoms with E-state index in [2.05, 4.69) is 35.0 Å². The average molecular weight is 725 g/mol. The molecule has 0 saturated heterocycles. The van der Waals surface area contributed by atoms with E-state index in [1.165, 1.54) is 51.4 Å². The number of carbonyl (C=O) groups is 3. The highest BCUT2D eigenvalue weighted by Crippen LogP contribution is 2.43. The van der Waals surface area contributed by atoms with Gasteiger partial charge in [-0.2, -0.15) is 0 Å². The summed E-state index contributed by atoms with van der Waals surface area (Å²) in [6.07, 6.45) is 22.8. The SMILES string of the molecule is [2H]C([2H])(OC(=O)CCCCCCCCCCCCCCCC)[C@@]([2H])(OC(=O)CCCCCCC/C=C/CCCC)C([2H])([2H])OP(=O)(O)OC[C@H](N)C(=O)O. The first-order valence-electron chi connectivity index (χ1n) is 21.2. The molecule has 0 bridgehead atoms. The molecular weight excluding hydrogens is 649 g/mol. The first-order valence-corrected chi connectivity index (χ1v) is 20.2. The van der Waals surface area contributed by atoms with Gasteiger partial charge in [-0.3, -0.25) is 23.4 Å². The van der Waals surface area contributed by atoms with E-state index in [0.717, 1.165) is 70.6 Å². The molecule has 0 aromatic heterocycles. The number of hydrogen-bond donors (Lipinski definition) is 3. The lowest BCUT2D eigenvalue weighted by Crippen LogP contribution is -2.34. The summed E-state index contributed by atoms with van der Waals surface area (Å²) in [6, 6.07) is -1.80. The Bertz CT molecular complexity index is 1120. The third-order valence-corrected chi connectivity index (χ3v) is 8.64. The fourth-order valence-electron chi connectivity index (χ4n) is 4.84.